The maximum Gasteiger partial charge on any atom is 0.338 e. The van der Waals surface area contributed by atoms with Crippen LogP contribution in [0.15, 0.2) is 92.7 Å². The van der Waals surface area contributed by atoms with E-state index in [0.29, 0.717) is 32.1 Å². The van der Waals surface area contributed by atoms with E-state index in [4.69, 9.17) is 14.2 Å². The summed E-state index contributed by atoms with van der Waals surface area (Å²) in [6.45, 7) is 5.59. The summed E-state index contributed by atoms with van der Waals surface area (Å²) in [5.41, 5.74) is 2.93. The molecule has 1 atom stereocenters. The van der Waals surface area contributed by atoms with Crippen LogP contribution in [0, 0.1) is 5.82 Å². The number of aromatic nitrogens is 1. The molecule has 1 aliphatic heterocycles. The number of allylic oxidation sites excluding steroid dienone is 1. The van der Waals surface area contributed by atoms with Gasteiger partial charge in [0, 0.05) is 4.90 Å². The number of rotatable bonds is 9. The number of hydrogen-bond acceptors (Lipinski definition) is 8. The maximum atomic E-state index is 13.9. The fourth-order valence-corrected chi connectivity index (χ4v) is 6.20. The van der Waals surface area contributed by atoms with E-state index in [0.717, 1.165) is 21.6 Å². The molecule has 7 nitrogen and oxygen atoms in total. The van der Waals surface area contributed by atoms with Crippen LogP contribution in [0.3, 0.4) is 0 Å². The molecule has 1 aromatic heterocycles. The van der Waals surface area contributed by atoms with Gasteiger partial charge in [-0.2, -0.15) is 0 Å². The number of carbonyl (C=O) groups is 1. The van der Waals surface area contributed by atoms with Crippen molar-refractivity contribution < 1.29 is 23.4 Å². The van der Waals surface area contributed by atoms with E-state index in [2.05, 4.69) is 4.99 Å². The highest BCUT2D eigenvalue weighted by Gasteiger charge is 2.33. The lowest BCUT2D eigenvalue weighted by molar-refractivity contribution is -0.143. The number of methoxy groups -OCH3 is 1. The molecule has 0 aliphatic carbocycles. The van der Waals surface area contributed by atoms with E-state index >= 15 is 0 Å². The molecule has 0 radical (unpaired) electrons. The van der Waals surface area contributed by atoms with Crippen molar-refractivity contribution in [3.05, 3.63) is 120 Å². The number of hydrogen-bond donors (Lipinski definition) is 0. The van der Waals surface area contributed by atoms with Gasteiger partial charge in [-0.15, -0.1) is 11.8 Å². The highest BCUT2D eigenvalue weighted by atomic mass is 32.2. The molecule has 0 amide bonds. The Hall–Kier alpha value is -4.15. The number of halogens is 1. The Labute approximate surface area is 257 Å². The smallest absolute Gasteiger partial charge is 0.338 e. The summed E-state index contributed by atoms with van der Waals surface area (Å²) in [4.78, 5) is 33.5. The average Bonchev–Trinajstić information content (AvgIpc) is 3.29. The predicted octanol–water partition coefficient (Wildman–Crippen LogP) is 5.64. The summed E-state index contributed by atoms with van der Waals surface area (Å²) < 4.78 is 32.3. The highest BCUT2D eigenvalue weighted by Crippen LogP contribution is 2.32. The van der Waals surface area contributed by atoms with E-state index < -0.39 is 12.0 Å². The van der Waals surface area contributed by atoms with E-state index in [1.807, 2.05) is 36.6 Å². The molecule has 43 heavy (non-hydrogen) atoms. The van der Waals surface area contributed by atoms with Crippen molar-refractivity contribution in [1.82, 2.24) is 4.57 Å². The zero-order valence-corrected chi connectivity index (χ0v) is 26.1. The molecule has 0 saturated heterocycles. The van der Waals surface area contributed by atoms with Crippen LogP contribution in [-0.2, 0) is 16.1 Å². The Morgan fingerprint density at radius 1 is 1.09 bits per heavy atom. The molecule has 222 valence electrons. The van der Waals surface area contributed by atoms with Gasteiger partial charge in [-0.25, -0.2) is 14.2 Å². The SMILES string of the molecule is COc1cc(/C=c2\sc3n(c2=O)[C@H](c2ccc(SC)cc2)C(C(=O)OC(C)C)=C(C)N=3)ccc1OCc1ccc(F)cc1. The molecule has 0 saturated carbocycles. The van der Waals surface area contributed by atoms with Gasteiger partial charge in [0.25, 0.3) is 5.56 Å². The Bertz CT molecular complexity index is 1860. The monoisotopic (exact) mass is 618 g/mol. The summed E-state index contributed by atoms with van der Waals surface area (Å²) in [5.74, 6) is 0.205. The Kier molecular flexibility index (Phi) is 9.17. The normalized spacial score (nSPS) is 14.9. The van der Waals surface area contributed by atoms with Crippen molar-refractivity contribution >= 4 is 35.1 Å². The van der Waals surface area contributed by atoms with Crippen LogP contribution < -0.4 is 24.4 Å². The predicted molar refractivity (Wildman–Crippen MR) is 167 cm³/mol. The van der Waals surface area contributed by atoms with Crippen LogP contribution in [0.1, 0.15) is 43.5 Å². The van der Waals surface area contributed by atoms with Crippen molar-refractivity contribution in [1.29, 1.82) is 0 Å². The third-order valence-corrected chi connectivity index (χ3v) is 8.54. The molecule has 0 unspecified atom stereocenters. The summed E-state index contributed by atoms with van der Waals surface area (Å²) >= 11 is 2.87. The second kappa shape index (κ2) is 13.0. The molecule has 0 spiro atoms. The van der Waals surface area contributed by atoms with E-state index in [-0.39, 0.29) is 24.1 Å². The first kappa shape index (κ1) is 30.3. The second-order valence-electron chi connectivity index (χ2n) is 10.1. The van der Waals surface area contributed by atoms with Gasteiger partial charge >= 0.3 is 5.97 Å². The zero-order valence-electron chi connectivity index (χ0n) is 24.4. The van der Waals surface area contributed by atoms with E-state index in [1.165, 1.54) is 23.5 Å². The highest BCUT2D eigenvalue weighted by molar-refractivity contribution is 7.98. The fraction of sp³-hybridized carbons (Fsp3) is 0.242. The first-order chi connectivity index (χ1) is 20.7. The lowest BCUT2D eigenvalue weighted by Gasteiger charge is -2.25. The lowest BCUT2D eigenvalue weighted by atomic mass is 9.96. The molecule has 0 N–H and O–H groups in total. The van der Waals surface area contributed by atoms with E-state index in [9.17, 15) is 14.0 Å². The molecule has 0 fully saturated rings. The molecule has 4 aromatic rings. The van der Waals surface area contributed by atoms with Gasteiger partial charge < -0.3 is 14.2 Å². The Morgan fingerprint density at radius 2 is 1.81 bits per heavy atom. The van der Waals surface area contributed by atoms with Gasteiger partial charge in [0.1, 0.15) is 12.4 Å². The maximum absolute atomic E-state index is 13.9. The number of benzene rings is 3. The summed E-state index contributed by atoms with van der Waals surface area (Å²) in [5, 5.41) is 0. The van der Waals surface area contributed by atoms with Crippen LogP contribution in [0.4, 0.5) is 4.39 Å². The van der Waals surface area contributed by atoms with Crippen molar-refractivity contribution in [3.63, 3.8) is 0 Å². The van der Waals surface area contributed by atoms with Crippen LogP contribution >= 0.6 is 23.1 Å². The number of ether oxygens (including phenoxy) is 3. The van der Waals surface area contributed by atoms with Crippen LogP contribution in [0.2, 0.25) is 0 Å². The van der Waals surface area contributed by atoms with Gasteiger partial charge in [0.05, 0.1) is 35.1 Å². The number of fused-ring (bicyclic) bond motifs is 1. The zero-order chi connectivity index (χ0) is 30.7. The Morgan fingerprint density at radius 3 is 2.47 bits per heavy atom. The largest absolute Gasteiger partial charge is 0.493 e. The van der Waals surface area contributed by atoms with Gasteiger partial charge in [0.2, 0.25) is 0 Å². The minimum absolute atomic E-state index is 0.243. The first-order valence-electron chi connectivity index (χ1n) is 13.6. The van der Waals surface area contributed by atoms with Gasteiger partial charge in [-0.05, 0) is 86.2 Å². The summed E-state index contributed by atoms with van der Waals surface area (Å²) in [6, 6.07) is 18.6. The standard InChI is InChI=1S/C33H31FN2O5S2/c1-19(2)41-32(38)29-20(3)35-33-36(30(29)23-9-13-25(42-5)14-10-23)31(37)28(43-33)17-22-8-15-26(27(16-22)39-4)40-18-21-6-11-24(34)12-7-21/h6-17,19,30H,18H2,1-5H3/b28-17-/t30-/m1/s1. The third kappa shape index (κ3) is 6.60. The topological polar surface area (TPSA) is 79.1 Å². The molecule has 5 rings (SSSR count). The van der Waals surface area contributed by atoms with Gasteiger partial charge in [-0.1, -0.05) is 41.7 Å². The second-order valence-corrected chi connectivity index (χ2v) is 12.0. The molecular formula is C33H31FN2O5S2. The molecule has 3 aromatic carbocycles. The molecular weight excluding hydrogens is 588 g/mol. The van der Waals surface area contributed by atoms with Crippen molar-refractivity contribution in [3.8, 4) is 11.5 Å². The van der Waals surface area contributed by atoms with Crippen molar-refractivity contribution in [2.75, 3.05) is 13.4 Å². The molecule has 10 heteroatoms. The minimum atomic E-state index is -0.683. The summed E-state index contributed by atoms with van der Waals surface area (Å²) in [6.07, 6.45) is 3.44. The minimum Gasteiger partial charge on any atom is -0.493 e. The number of esters is 1. The Balaban J connectivity index is 1.54. The molecule has 1 aliphatic rings. The number of carbonyl (C=O) groups excluding carboxylic acids is 1. The van der Waals surface area contributed by atoms with Crippen LogP contribution in [-0.4, -0.2) is 30.0 Å². The van der Waals surface area contributed by atoms with Crippen LogP contribution in [0.25, 0.3) is 6.08 Å². The molecule has 0 bridgehead atoms. The number of thiazole rings is 1. The fourth-order valence-electron chi connectivity index (χ4n) is 4.75. The quantitative estimate of drug-likeness (QED) is 0.179. The number of nitrogens with zero attached hydrogens (tertiary/aromatic N) is 2. The van der Waals surface area contributed by atoms with Gasteiger partial charge in [-0.3, -0.25) is 9.36 Å². The van der Waals surface area contributed by atoms with Crippen molar-refractivity contribution in [2.45, 2.75) is 44.4 Å². The lowest BCUT2D eigenvalue weighted by Crippen LogP contribution is -2.40. The summed E-state index contributed by atoms with van der Waals surface area (Å²) in [7, 11) is 1.54. The first-order valence-corrected chi connectivity index (χ1v) is 15.7. The number of thioether (sulfide) groups is 1. The third-order valence-electron chi connectivity index (χ3n) is 6.81. The van der Waals surface area contributed by atoms with E-state index in [1.54, 1.807) is 74.6 Å². The van der Waals surface area contributed by atoms with Crippen molar-refractivity contribution in [2.24, 2.45) is 4.99 Å². The van der Waals surface area contributed by atoms with Crippen LogP contribution in [0.5, 0.6) is 11.5 Å². The molecule has 2 heterocycles. The van der Waals surface area contributed by atoms with Gasteiger partial charge in [0.15, 0.2) is 16.3 Å². The average molecular weight is 619 g/mol.